The molecule has 3 aromatic rings. The number of aromatic nitrogens is 4. The fourth-order valence-corrected chi connectivity index (χ4v) is 5.44. The van der Waals surface area contributed by atoms with Gasteiger partial charge in [0, 0.05) is 39.5 Å². The number of H-pyrrole nitrogens is 1. The van der Waals surface area contributed by atoms with Crippen LogP contribution in [0.15, 0.2) is 39.1 Å². The summed E-state index contributed by atoms with van der Waals surface area (Å²) in [5.41, 5.74) is 5.21. The summed E-state index contributed by atoms with van der Waals surface area (Å²) in [4.78, 5) is 33.6. The second-order valence-corrected chi connectivity index (χ2v) is 9.72. The predicted molar refractivity (Wildman–Crippen MR) is 114 cm³/mol. The molecule has 2 aliphatic rings. The van der Waals surface area contributed by atoms with Crippen molar-refractivity contribution in [3.8, 4) is 0 Å². The summed E-state index contributed by atoms with van der Waals surface area (Å²) < 4.78 is 28.9. The van der Waals surface area contributed by atoms with Crippen LogP contribution in [0.2, 0.25) is 5.02 Å². The Kier molecular flexibility index (Phi) is 6.80. The summed E-state index contributed by atoms with van der Waals surface area (Å²) in [5.74, 6) is -0.147. The van der Waals surface area contributed by atoms with Crippen LogP contribution in [-0.4, -0.2) is 84.0 Å². The van der Waals surface area contributed by atoms with Crippen LogP contribution in [0.1, 0.15) is 6.23 Å². The van der Waals surface area contributed by atoms with Gasteiger partial charge in [-0.1, -0.05) is 23.4 Å². The van der Waals surface area contributed by atoms with E-state index in [-0.39, 0.29) is 58.4 Å². The number of phosphoric acid groups is 1. The average molecular weight is 511 g/mol. The van der Waals surface area contributed by atoms with Crippen molar-refractivity contribution >= 4 is 77.9 Å². The molecular weight excluding hydrogens is 496 g/mol. The van der Waals surface area contributed by atoms with Gasteiger partial charge in [-0.15, -0.1) is 0 Å². The fourth-order valence-electron chi connectivity index (χ4n) is 3.44. The zero-order chi connectivity index (χ0) is 21.9. The molecule has 12 nitrogen and oxygen atoms in total. The number of hydrogen-bond acceptors (Lipinski definition) is 10. The first-order chi connectivity index (χ1) is 14.7. The second-order valence-electron chi connectivity index (χ2n) is 6.83. The summed E-state index contributed by atoms with van der Waals surface area (Å²) in [6, 6.07) is 6.90. The Hall–Kier alpha value is -0.960. The van der Waals surface area contributed by atoms with Crippen LogP contribution in [0.4, 0.5) is 5.95 Å². The molecule has 0 bridgehead atoms. The molecule has 4 heterocycles. The molecule has 165 valence electrons. The maximum absolute atomic E-state index is 12.4. The van der Waals surface area contributed by atoms with E-state index in [2.05, 4.69) is 15.0 Å². The average Bonchev–Trinajstić information content (AvgIpc) is 3.20. The minimum absolute atomic E-state index is 0. The van der Waals surface area contributed by atoms with Gasteiger partial charge in [0.15, 0.2) is 22.5 Å². The monoisotopic (exact) mass is 510 g/mol. The topological polar surface area (TPSA) is 175 Å². The molecule has 2 aromatic heterocycles. The van der Waals surface area contributed by atoms with Gasteiger partial charge < -0.3 is 20.5 Å². The van der Waals surface area contributed by atoms with Crippen molar-refractivity contribution in [2.75, 3.05) is 12.3 Å². The van der Waals surface area contributed by atoms with Crippen molar-refractivity contribution in [2.45, 2.75) is 34.6 Å². The number of aromatic amines is 1. The Morgan fingerprint density at radius 1 is 1.31 bits per heavy atom. The number of aliphatic hydroxyl groups excluding tert-OH is 1. The van der Waals surface area contributed by atoms with Gasteiger partial charge in [-0.3, -0.25) is 23.4 Å². The SMILES string of the molecule is Nc1nc2c(nc(Sc3ccc(Cl)cc3)n2[C@@H]2O[C@@H]3COP(=O)(O)O[C@H]3[C@H]2O)c(=O)[nH]1.[Na]. The molecule has 2 aliphatic heterocycles. The molecule has 5 N–H and O–H groups in total. The number of nitrogens with one attached hydrogen (secondary N) is 1. The van der Waals surface area contributed by atoms with E-state index in [1.165, 1.54) is 16.3 Å². The maximum Gasteiger partial charge on any atom is 0.472 e. The third-order valence-corrected chi connectivity index (χ3v) is 7.00. The van der Waals surface area contributed by atoms with E-state index in [1.807, 2.05) is 0 Å². The number of benzene rings is 1. The van der Waals surface area contributed by atoms with Crippen LogP contribution in [0.3, 0.4) is 0 Å². The first-order valence-electron chi connectivity index (χ1n) is 8.92. The van der Waals surface area contributed by atoms with Gasteiger partial charge in [-0.2, -0.15) is 4.98 Å². The molecule has 0 saturated carbocycles. The zero-order valence-electron chi connectivity index (χ0n) is 16.4. The van der Waals surface area contributed by atoms with E-state index in [1.54, 1.807) is 24.3 Å². The van der Waals surface area contributed by atoms with Gasteiger partial charge in [-0.25, -0.2) is 9.55 Å². The fraction of sp³-hybridized carbons (Fsp3) is 0.312. The van der Waals surface area contributed by atoms with Crippen LogP contribution in [0, 0.1) is 0 Å². The summed E-state index contributed by atoms with van der Waals surface area (Å²) in [6.07, 6.45) is -4.46. The third-order valence-electron chi connectivity index (χ3n) is 4.78. The van der Waals surface area contributed by atoms with E-state index < -0.39 is 37.9 Å². The van der Waals surface area contributed by atoms with Crippen molar-refractivity contribution in [2.24, 2.45) is 0 Å². The quantitative estimate of drug-likeness (QED) is 0.291. The van der Waals surface area contributed by atoms with Crippen molar-refractivity contribution in [1.82, 2.24) is 19.5 Å². The normalized spacial score (nSPS) is 29.6. The summed E-state index contributed by atoms with van der Waals surface area (Å²) in [6.45, 7) is -0.256. The Morgan fingerprint density at radius 2 is 2.03 bits per heavy atom. The number of nitrogens with zero attached hydrogens (tertiary/aromatic N) is 3. The molecule has 5 atom stereocenters. The molecule has 1 unspecified atom stereocenters. The Morgan fingerprint density at radius 3 is 2.75 bits per heavy atom. The molecule has 5 rings (SSSR count). The van der Waals surface area contributed by atoms with Gasteiger partial charge >= 0.3 is 7.82 Å². The number of fused-ring (bicyclic) bond motifs is 2. The summed E-state index contributed by atoms with van der Waals surface area (Å²) in [5, 5.41) is 11.7. The number of hydrogen-bond donors (Lipinski definition) is 4. The molecule has 16 heteroatoms. The largest absolute Gasteiger partial charge is 0.472 e. The Bertz CT molecular complexity index is 1270. The first-order valence-corrected chi connectivity index (χ1v) is 11.6. The number of ether oxygens (including phenoxy) is 1. The number of nitrogens with two attached hydrogens (primary N) is 1. The van der Waals surface area contributed by atoms with Gasteiger partial charge in [0.2, 0.25) is 5.95 Å². The van der Waals surface area contributed by atoms with Crippen molar-refractivity contribution < 1.29 is 28.3 Å². The molecule has 32 heavy (non-hydrogen) atoms. The van der Waals surface area contributed by atoms with Crippen LogP contribution in [0.25, 0.3) is 11.2 Å². The smallest absolute Gasteiger partial charge is 0.386 e. The molecule has 0 amide bonds. The van der Waals surface area contributed by atoms with Gasteiger partial charge in [-0.05, 0) is 24.3 Å². The number of anilines is 1. The molecule has 2 fully saturated rings. The number of aliphatic hydroxyl groups is 1. The zero-order valence-corrected chi connectivity index (χ0v) is 20.9. The van der Waals surface area contributed by atoms with Crippen molar-refractivity contribution in [1.29, 1.82) is 0 Å². The van der Waals surface area contributed by atoms with Gasteiger partial charge in [0.05, 0.1) is 6.61 Å². The number of phosphoric ester groups is 1. The second kappa shape index (κ2) is 9.01. The van der Waals surface area contributed by atoms with Crippen molar-refractivity contribution in [3.63, 3.8) is 0 Å². The van der Waals surface area contributed by atoms with E-state index in [9.17, 15) is 19.4 Å². The Balaban J connectivity index is 0.00000245. The molecule has 1 radical (unpaired) electrons. The van der Waals surface area contributed by atoms with E-state index in [0.29, 0.717) is 5.02 Å². The molecule has 2 saturated heterocycles. The number of rotatable bonds is 3. The summed E-state index contributed by atoms with van der Waals surface area (Å²) >= 11 is 7.12. The number of imidazole rings is 1. The van der Waals surface area contributed by atoms with Crippen molar-refractivity contribution in [3.05, 3.63) is 39.6 Å². The van der Waals surface area contributed by atoms with Gasteiger partial charge in [0.1, 0.15) is 18.3 Å². The maximum atomic E-state index is 12.4. The van der Waals surface area contributed by atoms with Crippen LogP contribution in [0.5, 0.6) is 0 Å². The standard InChI is InChI=1S/C16H15ClN5O7PS.Na/c17-6-1-3-7(4-2-6)31-16-19-9-12(20-15(18)21-13(9)24)22(16)14-10(23)11-8(28-14)5-27-30(25,26)29-11;/h1-4,8,10-11,14,23H,5H2,(H,25,26)(H3,18,20,21,24);/t8-,10-,11-,14-;/m1./s1. The van der Waals surface area contributed by atoms with Gasteiger partial charge in [0.25, 0.3) is 5.56 Å². The third kappa shape index (κ3) is 4.40. The van der Waals surface area contributed by atoms with Crippen LogP contribution < -0.4 is 11.3 Å². The minimum Gasteiger partial charge on any atom is -0.386 e. The van der Waals surface area contributed by atoms with E-state index >= 15 is 0 Å². The Labute approximate surface area is 211 Å². The van der Waals surface area contributed by atoms with Crippen LogP contribution in [-0.2, 0) is 18.3 Å². The summed E-state index contributed by atoms with van der Waals surface area (Å²) in [7, 11) is -4.31. The first kappa shape index (κ1) is 24.2. The number of nitrogen functional groups attached to an aromatic ring is 1. The molecule has 0 spiro atoms. The predicted octanol–water partition coefficient (Wildman–Crippen LogP) is 0.900. The number of halogens is 1. The molecule has 0 aliphatic carbocycles. The van der Waals surface area contributed by atoms with Crippen LogP contribution >= 0.6 is 31.2 Å². The van der Waals surface area contributed by atoms with E-state index in [4.69, 9.17) is 31.1 Å². The molecular formula is C16H15ClN5NaO7PS. The molecule has 1 aromatic carbocycles. The van der Waals surface area contributed by atoms with E-state index in [0.717, 1.165) is 4.90 Å². The minimum atomic E-state index is -4.31.